The maximum Gasteiger partial charge on any atom is 0.317 e. The van der Waals surface area contributed by atoms with Gasteiger partial charge in [0, 0.05) is 44.3 Å². The number of piperazine rings is 1. The van der Waals surface area contributed by atoms with E-state index in [1.165, 1.54) is 18.4 Å². The zero-order valence-electron chi connectivity index (χ0n) is 19.0. The molecule has 0 bridgehead atoms. The molecule has 2 fully saturated rings. The van der Waals surface area contributed by atoms with Crippen molar-refractivity contribution in [2.45, 2.75) is 25.8 Å². The molecule has 2 saturated heterocycles. The highest BCUT2D eigenvalue weighted by Gasteiger charge is 2.23. The zero-order valence-corrected chi connectivity index (χ0v) is 19.8. The number of rotatable bonds is 6. The van der Waals surface area contributed by atoms with Crippen LogP contribution >= 0.6 is 11.6 Å². The molecule has 0 aliphatic carbocycles. The summed E-state index contributed by atoms with van der Waals surface area (Å²) in [6, 6.07) is 18.3. The van der Waals surface area contributed by atoms with Gasteiger partial charge in [-0.15, -0.1) is 0 Å². The lowest BCUT2D eigenvalue weighted by molar-refractivity contribution is 0.169. The minimum atomic E-state index is 0.0211. The monoisotopic (exact) mass is 465 g/mol. The average Bonchev–Trinajstić information content (AvgIpc) is 2.86. The molecular formula is C26H32ClN5O. The number of piperidine rings is 1. The van der Waals surface area contributed by atoms with Crippen LogP contribution in [-0.2, 0) is 6.54 Å². The summed E-state index contributed by atoms with van der Waals surface area (Å²) in [5.74, 6) is 0.684. The van der Waals surface area contributed by atoms with Gasteiger partial charge in [0.1, 0.15) is 6.07 Å². The molecule has 0 aromatic heterocycles. The van der Waals surface area contributed by atoms with Crippen LogP contribution < -0.4 is 10.2 Å². The van der Waals surface area contributed by atoms with E-state index >= 15 is 0 Å². The third kappa shape index (κ3) is 6.40. The number of hydrogen-bond donors (Lipinski definition) is 1. The van der Waals surface area contributed by atoms with Gasteiger partial charge in [-0.1, -0.05) is 41.9 Å². The molecule has 1 N–H and O–H groups in total. The van der Waals surface area contributed by atoms with Crippen LogP contribution in [-0.4, -0.2) is 61.6 Å². The number of nitrogens with zero attached hydrogens (tertiary/aromatic N) is 4. The molecule has 2 aromatic rings. The van der Waals surface area contributed by atoms with Crippen LogP contribution in [0.4, 0.5) is 10.5 Å². The Morgan fingerprint density at radius 2 is 1.76 bits per heavy atom. The summed E-state index contributed by atoms with van der Waals surface area (Å²) in [6.07, 6.45) is 3.44. The minimum absolute atomic E-state index is 0.0211. The normalized spacial score (nSPS) is 17.6. The summed E-state index contributed by atoms with van der Waals surface area (Å²) < 4.78 is 0. The second-order valence-electron chi connectivity index (χ2n) is 8.97. The van der Waals surface area contributed by atoms with E-state index in [1.807, 2.05) is 17.0 Å². The molecule has 7 heteroatoms. The third-order valence-corrected chi connectivity index (χ3v) is 7.01. The van der Waals surface area contributed by atoms with Crippen LogP contribution in [0.25, 0.3) is 0 Å². The Labute approximate surface area is 201 Å². The van der Waals surface area contributed by atoms with Gasteiger partial charge in [0.15, 0.2) is 0 Å². The van der Waals surface area contributed by atoms with Gasteiger partial charge in [-0.3, -0.25) is 4.90 Å². The number of nitriles is 1. The van der Waals surface area contributed by atoms with Crippen molar-refractivity contribution in [2.75, 3.05) is 50.7 Å². The highest BCUT2D eigenvalue weighted by Crippen LogP contribution is 2.25. The number of hydrogen-bond acceptors (Lipinski definition) is 4. The Morgan fingerprint density at radius 1 is 1.03 bits per heavy atom. The van der Waals surface area contributed by atoms with E-state index in [9.17, 15) is 10.1 Å². The first-order chi connectivity index (χ1) is 16.1. The number of nitrogens with one attached hydrogen (secondary N) is 1. The summed E-state index contributed by atoms with van der Waals surface area (Å²) in [5.41, 5.74) is 2.85. The molecule has 33 heavy (non-hydrogen) atoms. The van der Waals surface area contributed by atoms with Crippen molar-refractivity contribution in [3.05, 3.63) is 64.7 Å². The van der Waals surface area contributed by atoms with Gasteiger partial charge < -0.3 is 15.1 Å². The highest BCUT2D eigenvalue weighted by molar-refractivity contribution is 6.30. The maximum absolute atomic E-state index is 12.6. The summed E-state index contributed by atoms with van der Waals surface area (Å²) in [6.45, 7) is 6.75. The van der Waals surface area contributed by atoms with E-state index in [-0.39, 0.29) is 6.03 Å². The number of likely N-dealkylation sites (tertiary alicyclic amines) is 1. The van der Waals surface area contributed by atoms with E-state index in [1.54, 1.807) is 6.07 Å². The first-order valence-corrected chi connectivity index (χ1v) is 12.2. The lowest BCUT2D eigenvalue weighted by atomic mass is 9.93. The fraction of sp³-hybridized carbons (Fsp3) is 0.462. The molecule has 0 spiro atoms. The van der Waals surface area contributed by atoms with Crippen molar-refractivity contribution < 1.29 is 4.79 Å². The quantitative estimate of drug-likeness (QED) is 0.689. The number of amides is 2. The van der Waals surface area contributed by atoms with Crippen molar-refractivity contribution in [2.24, 2.45) is 5.92 Å². The molecule has 174 valence electrons. The van der Waals surface area contributed by atoms with Crippen LogP contribution in [0, 0.1) is 17.2 Å². The van der Waals surface area contributed by atoms with Gasteiger partial charge in [0.25, 0.3) is 0 Å². The fourth-order valence-electron chi connectivity index (χ4n) is 4.79. The molecule has 2 heterocycles. The SMILES string of the molecule is N#Cc1cc(Cl)ccc1N1CCN(C(=O)NCCC2CCN(Cc3ccccc3)CC2)CC1. The molecule has 0 unspecified atom stereocenters. The lowest BCUT2D eigenvalue weighted by Crippen LogP contribution is -2.52. The number of benzene rings is 2. The van der Waals surface area contributed by atoms with Crippen molar-refractivity contribution in [3.63, 3.8) is 0 Å². The maximum atomic E-state index is 12.6. The van der Waals surface area contributed by atoms with Gasteiger partial charge in [0.2, 0.25) is 0 Å². The predicted molar refractivity (Wildman–Crippen MR) is 132 cm³/mol. The summed E-state index contributed by atoms with van der Waals surface area (Å²) in [4.78, 5) is 19.2. The zero-order chi connectivity index (χ0) is 23.0. The van der Waals surface area contributed by atoms with Crippen LogP contribution in [0.1, 0.15) is 30.4 Å². The van der Waals surface area contributed by atoms with Crippen LogP contribution in [0.5, 0.6) is 0 Å². The lowest BCUT2D eigenvalue weighted by Gasteiger charge is -2.36. The smallest absolute Gasteiger partial charge is 0.317 e. The molecule has 2 aliphatic rings. The summed E-state index contributed by atoms with van der Waals surface area (Å²) in [5, 5.41) is 13.1. The topological polar surface area (TPSA) is 62.6 Å². The van der Waals surface area contributed by atoms with E-state index in [4.69, 9.17) is 11.6 Å². The minimum Gasteiger partial charge on any atom is -0.367 e. The Bertz CT molecular complexity index is 960. The second kappa shape index (κ2) is 11.4. The molecular weight excluding hydrogens is 434 g/mol. The molecule has 2 aliphatic heterocycles. The number of carbonyl (C=O) groups excluding carboxylic acids is 1. The Kier molecular flexibility index (Phi) is 8.09. The number of carbonyl (C=O) groups is 1. The molecule has 2 aromatic carbocycles. The first-order valence-electron chi connectivity index (χ1n) is 11.9. The van der Waals surface area contributed by atoms with Gasteiger partial charge in [0.05, 0.1) is 11.3 Å². The average molecular weight is 466 g/mol. The van der Waals surface area contributed by atoms with Crippen molar-refractivity contribution >= 4 is 23.3 Å². The molecule has 2 amide bonds. The molecule has 0 saturated carbocycles. The largest absolute Gasteiger partial charge is 0.367 e. The molecule has 6 nitrogen and oxygen atoms in total. The van der Waals surface area contributed by atoms with E-state index in [0.717, 1.165) is 38.3 Å². The van der Waals surface area contributed by atoms with E-state index in [2.05, 4.69) is 51.5 Å². The predicted octanol–water partition coefficient (Wildman–Crippen LogP) is 4.35. The van der Waals surface area contributed by atoms with Crippen LogP contribution in [0.2, 0.25) is 5.02 Å². The first kappa shape index (κ1) is 23.4. The van der Waals surface area contributed by atoms with E-state index in [0.29, 0.717) is 42.7 Å². The Hall–Kier alpha value is -2.75. The Morgan fingerprint density at radius 3 is 2.45 bits per heavy atom. The number of anilines is 1. The van der Waals surface area contributed by atoms with E-state index < -0.39 is 0 Å². The van der Waals surface area contributed by atoms with Crippen LogP contribution in [0.3, 0.4) is 0 Å². The van der Waals surface area contributed by atoms with Crippen molar-refractivity contribution in [3.8, 4) is 6.07 Å². The van der Waals surface area contributed by atoms with Crippen LogP contribution in [0.15, 0.2) is 48.5 Å². The molecule has 0 atom stereocenters. The fourth-order valence-corrected chi connectivity index (χ4v) is 4.97. The van der Waals surface area contributed by atoms with Gasteiger partial charge in [-0.25, -0.2) is 4.79 Å². The molecule has 4 rings (SSSR count). The molecule has 0 radical (unpaired) electrons. The highest BCUT2D eigenvalue weighted by atomic mass is 35.5. The van der Waals surface area contributed by atoms with Crippen molar-refractivity contribution in [1.29, 1.82) is 5.26 Å². The number of halogens is 1. The summed E-state index contributed by atoms with van der Waals surface area (Å²) in [7, 11) is 0. The van der Waals surface area contributed by atoms with Gasteiger partial charge in [-0.2, -0.15) is 5.26 Å². The van der Waals surface area contributed by atoms with Crippen molar-refractivity contribution in [1.82, 2.24) is 15.1 Å². The van der Waals surface area contributed by atoms with Gasteiger partial charge in [-0.05, 0) is 62.0 Å². The summed E-state index contributed by atoms with van der Waals surface area (Å²) >= 11 is 6.01. The number of urea groups is 1. The second-order valence-corrected chi connectivity index (χ2v) is 9.41. The van der Waals surface area contributed by atoms with Gasteiger partial charge >= 0.3 is 6.03 Å². The third-order valence-electron chi connectivity index (χ3n) is 6.77. The Balaban J connectivity index is 1.14. The standard InChI is InChI=1S/C26H32ClN5O/c27-24-6-7-25(23(18-24)19-28)31-14-16-32(17-15-31)26(33)29-11-8-21-9-12-30(13-10-21)20-22-4-2-1-3-5-22/h1-7,18,21H,8-17,20H2,(H,29,33).